The minimum atomic E-state index is -1.75. The third kappa shape index (κ3) is 10.6. The second kappa shape index (κ2) is 12.4. The van der Waals surface area contributed by atoms with E-state index in [4.69, 9.17) is 0 Å². The van der Waals surface area contributed by atoms with Crippen molar-refractivity contribution in [2.75, 3.05) is 55.4 Å². The van der Waals surface area contributed by atoms with E-state index in [1.807, 2.05) is 0 Å². The first kappa shape index (κ1) is 30.1. The van der Waals surface area contributed by atoms with Crippen LogP contribution in [-0.2, 0) is 19.2 Å². The number of aliphatic carboxylic acids is 2. The molecule has 0 aromatic heterocycles. The summed E-state index contributed by atoms with van der Waals surface area (Å²) < 4.78 is 0.458. The van der Waals surface area contributed by atoms with Crippen LogP contribution in [0.25, 0.3) is 0 Å². The Bertz CT molecular complexity index is 666. The molecule has 0 aliphatic carbocycles. The largest absolute Gasteiger partial charge is 0.549 e. The Morgan fingerprint density at radius 2 is 1.16 bits per heavy atom. The van der Waals surface area contributed by atoms with Gasteiger partial charge in [-0.1, -0.05) is 13.3 Å². The second-order valence-electron chi connectivity index (χ2n) is 10.6. The lowest BCUT2D eigenvalue weighted by atomic mass is 9.82. The zero-order valence-corrected chi connectivity index (χ0v) is 20.4. The molecule has 0 aromatic rings. The van der Waals surface area contributed by atoms with Crippen LogP contribution < -0.4 is 10.2 Å². The molecule has 0 fully saturated rings. The molecule has 0 heterocycles. The SMILES string of the molecule is CCCC(CCC(=O)C(C(=O)[O-])C(O)C[N+](C)(C)C)C(=O)C(C(=O)[O-])C(O)C[N+](C)(C)C. The predicted octanol–water partition coefficient (Wildman–Crippen LogP) is -2.81. The highest BCUT2D eigenvalue weighted by Gasteiger charge is 2.37. The molecule has 32 heavy (non-hydrogen) atoms. The fraction of sp³-hybridized carbons (Fsp3) is 0.818. The average Bonchev–Trinajstić information content (AvgIpc) is 2.54. The highest BCUT2D eigenvalue weighted by atomic mass is 16.4. The smallest absolute Gasteiger partial charge is 0.147 e. The second-order valence-corrected chi connectivity index (χ2v) is 10.6. The van der Waals surface area contributed by atoms with Gasteiger partial charge >= 0.3 is 0 Å². The van der Waals surface area contributed by atoms with Crippen molar-refractivity contribution in [3.63, 3.8) is 0 Å². The molecule has 0 rings (SSSR count). The Hall–Kier alpha value is -1.88. The van der Waals surface area contributed by atoms with E-state index in [2.05, 4.69) is 0 Å². The molecule has 186 valence electrons. The quantitative estimate of drug-likeness (QED) is 0.185. The van der Waals surface area contributed by atoms with Gasteiger partial charge in [-0.3, -0.25) is 9.59 Å². The third-order valence-corrected chi connectivity index (χ3v) is 5.18. The van der Waals surface area contributed by atoms with Crippen LogP contribution in [0, 0.1) is 17.8 Å². The molecule has 5 unspecified atom stereocenters. The normalized spacial score (nSPS) is 17.2. The number of hydrogen-bond donors (Lipinski definition) is 2. The van der Waals surface area contributed by atoms with Gasteiger partial charge < -0.3 is 39.0 Å². The first-order valence-corrected chi connectivity index (χ1v) is 10.9. The molecule has 0 aliphatic rings. The molecule has 2 N–H and O–H groups in total. The minimum absolute atomic E-state index is 0.00566. The lowest BCUT2D eigenvalue weighted by molar-refractivity contribution is -0.873. The summed E-state index contributed by atoms with van der Waals surface area (Å²) in [6, 6.07) is 0. The van der Waals surface area contributed by atoms with Crippen LogP contribution >= 0.6 is 0 Å². The lowest BCUT2D eigenvalue weighted by Crippen LogP contribution is -2.52. The number of likely N-dealkylation sites (N-methyl/N-ethyl adjacent to an activating group) is 2. The monoisotopic (exact) mass is 460 g/mol. The molecule has 0 spiro atoms. The van der Waals surface area contributed by atoms with Crippen molar-refractivity contribution in [2.24, 2.45) is 17.8 Å². The Balaban J connectivity index is 5.50. The molecule has 0 radical (unpaired) electrons. The molecule has 0 saturated heterocycles. The summed E-state index contributed by atoms with van der Waals surface area (Å²) in [6.45, 7) is 1.80. The molecular weight excluding hydrogens is 420 g/mol. The zero-order valence-electron chi connectivity index (χ0n) is 20.4. The maximum atomic E-state index is 13.0. The van der Waals surface area contributed by atoms with E-state index in [0.717, 1.165) is 0 Å². The van der Waals surface area contributed by atoms with Crippen LogP contribution in [0.2, 0.25) is 0 Å². The van der Waals surface area contributed by atoms with E-state index in [-0.39, 0.29) is 41.3 Å². The number of ketones is 2. The highest BCUT2D eigenvalue weighted by molar-refractivity contribution is 6.00. The summed E-state index contributed by atoms with van der Waals surface area (Å²) >= 11 is 0. The van der Waals surface area contributed by atoms with Crippen molar-refractivity contribution in [1.29, 1.82) is 0 Å². The van der Waals surface area contributed by atoms with Crippen molar-refractivity contribution in [3.05, 3.63) is 0 Å². The molecule has 0 bridgehead atoms. The van der Waals surface area contributed by atoms with Crippen LogP contribution in [-0.4, -0.2) is 110 Å². The number of carboxylic acid groups (broad SMARTS) is 2. The Morgan fingerprint density at radius 1 is 0.750 bits per heavy atom. The molecular formula is C22H40N2O8. The van der Waals surface area contributed by atoms with Crippen molar-refractivity contribution >= 4 is 23.5 Å². The lowest BCUT2D eigenvalue weighted by Gasteiger charge is -2.32. The fourth-order valence-electron chi connectivity index (χ4n) is 3.80. The summed E-state index contributed by atoms with van der Waals surface area (Å²) in [7, 11) is 10.4. The third-order valence-electron chi connectivity index (χ3n) is 5.18. The number of aliphatic hydroxyl groups is 2. The maximum Gasteiger partial charge on any atom is 0.147 e. The van der Waals surface area contributed by atoms with Crippen LogP contribution in [0.1, 0.15) is 32.6 Å². The molecule has 0 aliphatic heterocycles. The van der Waals surface area contributed by atoms with Crippen LogP contribution in [0.15, 0.2) is 0 Å². The van der Waals surface area contributed by atoms with Crippen molar-refractivity contribution < 1.29 is 48.6 Å². The minimum Gasteiger partial charge on any atom is -0.549 e. The van der Waals surface area contributed by atoms with E-state index in [1.54, 1.807) is 49.2 Å². The Labute approximate surface area is 190 Å². The molecule has 10 heteroatoms. The van der Waals surface area contributed by atoms with Gasteiger partial charge in [0.25, 0.3) is 0 Å². The number of Topliss-reactive ketones (excluding diaryl/α,β-unsaturated/α-hetero) is 2. The average molecular weight is 461 g/mol. The van der Waals surface area contributed by atoms with Gasteiger partial charge in [-0.05, 0) is 12.8 Å². The van der Waals surface area contributed by atoms with Gasteiger partial charge in [0.1, 0.15) is 36.9 Å². The summed E-state index contributed by atoms with van der Waals surface area (Å²) in [4.78, 5) is 48.7. The van der Waals surface area contributed by atoms with Crippen LogP contribution in [0.5, 0.6) is 0 Å². The molecule has 10 nitrogen and oxygen atoms in total. The first-order chi connectivity index (χ1) is 14.4. The van der Waals surface area contributed by atoms with E-state index in [1.165, 1.54) is 0 Å². The number of quaternary nitrogens is 2. The van der Waals surface area contributed by atoms with E-state index in [0.29, 0.717) is 6.42 Å². The first-order valence-electron chi connectivity index (χ1n) is 10.9. The number of aliphatic hydroxyl groups excluding tert-OH is 2. The predicted molar refractivity (Wildman–Crippen MR) is 112 cm³/mol. The van der Waals surface area contributed by atoms with E-state index < -0.39 is 53.5 Å². The van der Waals surface area contributed by atoms with Gasteiger partial charge in [0, 0.05) is 12.3 Å². The number of hydrogen-bond acceptors (Lipinski definition) is 8. The number of carbonyl (C=O) groups is 4. The number of carboxylic acids is 2. The van der Waals surface area contributed by atoms with Gasteiger partial charge in [-0.2, -0.15) is 0 Å². The number of nitrogens with zero attached hydrogens (tertiary/aromatic N) is 2. The standard InChI is InChI=1S/C22H40N2O8/c1-8-9-14(20(28)19(22(31)32)17(27)13-24(5,6)7)10-11-15(25)18(21(29)30)16(26)12-23(2,3)4/h14,16-19,26-27H,8-13H2,1-7H3. The Kier molecular flexibility index (Phi) is 11.7. The molecule has 0 aromatic carbocycles. The molecule has 5 atom stereocenters. The zero-order chi connectivity index (χ0) is 25.4. The summed E-state index contributed by atoms with van der Waals surface area (Å²) in [5.41, 5.74) is 0. The summed E-state index contributed by atoms with van der Waals surface area (Å²) in [5, 5.41) is 43.8. The van der Waals surface area contributed by atoms with Crippen molar-refractivity contribution in [2.45, 2.75) is 44.8 Å². The van der Waals surface area contributed by atoms with Gasteiger partial charge in [-0.25, -0.2) is 0 Å². The molecule has 0 amide bonds. The topological polar surface area (TPSA) is 155 Å². The van der Waals surface area contributed by atoms with E-state index in [9.17, 15) is 39.6 Å². The number of carbonyl (C=O) groups excluding carboxylic acids is 4. The maximum absolute atomic E-state index is 13.0. The highest BCUT2D eigenvalue weighted by Crippen LogP contribution is 2.24. The van der Waals surface area contributed by atoms with Crippen LogP contribution in [0.3, 0.4) is 0 Å². The number of rotatable bonds is 16. The van der Waals surface area contributed by atoms with Crippen molar-refractivity contribution in [1.82, 2.24) is 0 Å². The van der Waals surface area contributed by atoms with Gasteiger partial charge in [0.15, 0.2) is 0 Å². The Morgan fingerprint density at radius 3 is 1.50 bits per heavy atom. The van der Waals surface area contributed by atoms with Gasteiger partial charge in [-0.15, -0.1) is 0 Å². The van der Waals surface area contributed by atoms with Gasteiger partial charge in [0.2, 0.25) is 0 Å². The van der Waals surface area contributed by atoms with Crippen LogP contribution in [0.4, 0.5) is 0 Å². The van der Waals surface area contributed by atoms with Crippen molar-refractivity contribution in [3.8, 4) is 0 Å². The molecule has 0 saturated carbocycles. The summed E-state index contributed by atoms with van der Waals surface area (Å²) in [6.07, 6.45) is -2.57. The summed E-state index contributed by atoms with van der Waals surface area (Å²) in [5.74, 6) is -9.26. The fourth-order valence-corrected chi connectivity index (χ4v) is 3.80. The van der Waals surface area contributed by atoms with Gasteiger partial charge in [0.05, 0.1) is 66.1 Å². The van der Waals surface area contributed by atoms with E-state index >= 15 is 0 Å².